The Bertz CT molecular complexity index is 367. The monoisotopic (exact) mass is 215 g/mol. The molecule has 0 saturated heterocycles. The van der Waals surface area contributed by atoms with Crippen LogP contribution in [0.15, 0.2) is 18.2 Å². The zero-order valence-electron chi connectivity index (χ0n) is 8.36. The number of aryl methyl sites for hydroxylation is 1. The van der Waals surface area contributed by atoms with Crippen LogP contribution in [0.4, 0.5) is 18.9 Å². The van der Waals surface area contributed by atoms with Crippen molar-refractivity contribution in [1.29, 1.82) is 0 Å². The predicted octanol–water partition coefficient (Wildman–Crippen LogP) is 3.59. The molecular weight excluding hydrogens is 203 g/mol. The third-order valence-corrected chi connectivity index (χ3v) is 2.50. The van der Waals surface area contributed by atoms with E-state index < -0.39 is 11.7 Å². The molecule has 1 saturated carbocycles. The highest BCUT2D eigenvalue weighted by atomic mass is 19.4. The molecule has 4 heteroatoms. The molecule has 1 N–H and O–H groups in total. The molecule has 1 nitrogen and oxygen atoms in total. The van der Waals surface area contributed by atoms with E-state index in [1.54, 1.807) is 0 Å². The highest BCUT2D eigenvalue weighted by Crippen LogP contribution is 2.33. The highest BCUT2D eigenvalue weighted by Gasteiger charge is 2.31. The number of anilines is 1. The molecule has 0 aromatic heterocycles. The fourth-order valence-electron chi connectivity index (χ4n) is 1.40. The third-order valence-electron chi connectivity index (χ3n) is 2.50. The van der Waals surface area contributed by atoms with E-state index >= 15 is 0 Å². The summed E-state index contributed by atoms with van der Waals surface area (Å²) in [5, 5.41) is 3.10. The lowest BCUT2D eigenvalue weighted by Gasteiger charge is -2.12. The molecule has 0 atom stereocenters. The minimum absolute atomic E-state index is 0.368. The Hall–Kier alpha value is -1.19. The van der Waals surface area contributed by atoms with E-state index in [-0.39, 0.29) is 0 Å². The summed E-state index contributed by atoms with van der Waals surface area (Å²) >= 11 is 0. The Labute approximate surface area is 86.3 Å². The lowest BCUT2D eigenvalue weighted by atomic mass is 10.1. The fourth-order valence-corrected chi connectivity index (χ4v) is 1.40. The number of benzene rings is 1. The lowest BCUT2D eigenvalue weighted by molar-refractivity contribution is -0.137. The lowest BCUT2D eigenvalue weighted by Crippen LogP contribution is -2.08. The van der Waals surface area contributed by atoms with Gasteiger partial charge < -0.3 is 5.32 Å². The molecule has 1 fully saturated rings. The normalized spacial score (nSPS) is 16.5. The molecule has 0 bridgehead atoms. The van der Waals surface area contributed by atoms with Crippen LogP contribution >= 0.6 is 0 Å². The Balaban J connectivity index is 2.27. The second-order valence-corrected chi connectivity index (χ2v) is 3.95. The van der Waals surface area contributed by atoms with Crippen molar-refractivity contribution >= 4 is 5.69 Å². The van der Waals surface area contributed by atoms with Crippen LogP contribution < -0.4 is 5.32 Å². The molecule has 0 aliphatic heterocycles. The second kappa shape index (κ2) is 3.43. The standard InChI is InChI=1S/C11H12F3N/c1-7-2-3-8(11(12,13)14)6-10(7)15-9-4-5-9/h2-3,6,9,15H,4-5H2,1H3. The Kier molecular flexibility index (Phi) is 2.37. The molecule has 0 amide bonds. The minimum atomic E-state index is -4.26. The van der Waals surface area contributed by atoms with Crippen LogP contribution in [0.1, 0.15) is 24.0 Å². The first-order valence-corrected chi connectivity index (χ1v) is 4.91. The molecule has 1 aromatic carbocycles. The minimum Gasteiger partial charge on any atom is -0.382 e. The van der Waals surface area contributed by atoms with Gasteiger partial charge in [-0.2, -0.15) is 13.2 Å². The second-order valence-electron chi connectivity index (χ2n) is 3.95. The molecule has 1 aromatic rings. The molecule has 0 heterocycles. The maximum absolute atomic E-state index is 12.4. The van der Waals surface area contributed by atoms with E-state index in [0.717, 1.165) is 24.5 Å². The number of nitrogens with one attached hydrogen (secondary N) is 1. The molecule has 2 rings (SSSR count). The summed E-state index contributed by atoms with van der Waals surface area (Å²) in [6.45, 7) is 1.81. The highest BCUT2D eigenvalue weighted by molar-refractivity contribution is 5.54. The van der Waals surface area contributed by atoms with Gasteiger partial charge in [0.05, 0.1) is 5.56 Å². The van der Waals surface area contributed by atoms with Crippen LogP contribution in [0.2, 0.25) is 0 Å². The van der Waals surface area contributed by atoms with E-state index in [1.165, 1.54) is 12.1 Å². The first-order chi connectivity index (χ1) is 6.97. The van der Waals surface area contributed by atoms with Crippen molar-refractivity contribution in [3.63, 3.8) is 0 Å². The Morgan fingerprint density at radius 2 is 1.93 bits per heavy atom. The molecule has 1 aliphatic carbocycles. The number of alkyl halides is 3. The maximum Gasteiger partial charge on any atom is 0.416 e. The van der Waals surface area contributed by atoms with Crippen LogP contribution in [0.25, 0.3) is 0 Å². The van der Waals surface area contributed by atoms with E-state index in [4.69, 9.17) is 0 Å². The molecule has 1 aliphatic rings. The quantitative estimate of drug-likeness (QED) is 0.794. The van der Waals surface area contributed by atoms with Gasteiger partial charge in [0, 0.05) is 11.7 Å². The van der Waals surface area contributed by atoms with Crippen LogP contribution in [0.3, 0.4) is 0 Å². The Morgan fingerprint density at radius 3 is 2.47 bits per heavy atom. The van der Waals surface area contributed by atoms with Crippen LogP contribution in [-0.2, 0) is 6.18 Å². The van der Waals surface area contributed by atoms with Gasteiger partial charge in [-0.25, -0.2) is 0 Å². The molecular formula is C11H12F3N. The SMILES string of the molecule is Cc1ccc(C(F)(F)F)cc1NC1CC1. The van der Waals surface area contributed by atoms with E-state index in [0.29, 0.717) is 11.7 Å². The number of hydrogen-bond acceptors (Lipinski definition) is 1. The molecule has 82 valence electrons. The largest absolute Gasteiger partial charge is 0.416 e. The van der Waals surface area contributed by atoms with E-state index in [2.05, 4.69) is 5.32 Å². The van der Waals surface area contributed by atoms with Gasteiger partial charge in [-0.3, -0.25) is 0 Å². The van der Waals surface area contributed by atoms with Gasteiger partial charge in [-0.05, 0) is 37.5 Å². The number of halogens is 3. The van der Waals surface area contributed by atoms with Gasteiger partial charge in [0.25, 0.3) is 0 Å². The molecule has 0 spiro atoms. The van der Waals surface area contributed by atoms with Crippen LogP contribution in [0.5, 0.6) is 0 Å². The van der Waals surface area contributed by atoms with E-state index in [1.807, 2.05) is 6.92 Å². The van der Waals surface area contributed by atoms with Crippen molar-refractivity contribution in [3.8, 4) is 0 Å². The molecule has 0 unspecified atom stereocenters. The predicted molar refractivity (Wildman–Crippen MR) is 52.8 cm³/mol. The smallest absolute Gasteiger partial charge is 0.382 e. The zero-order valence-corrected chi connectivity index (χ0v) is 8.36. The summed E-state index contributed by atoms with van der Waals surface area (Å²) in [4.78, 5) is 0. The average Bonchev–Trinajstić information content (AvgIpc) is 2.90. The first-order valence-electron chi connectivity index (χ1n) is 4.91. The maximum atomic E-state index is 12.4. The van der Waals surface area contributed by atoms with Gasteiger partial charge in [-0.1, -0.05) is 6.07 Å². The number of hydrogen-bond donors (Lipinski definition) is 1. The average molecular weight is 215 g/mol. The summed E-state index contributed by atoms with van der Waals surface area (Å²) in [5.41, 5.74) is 0.874. The summed E-state index contributed by atoms with van der Waals surface area (Å²) in [5.74, 6) is 0. The molecule has 15 heavy (non-hydrogen) atoms. The van der Waals surface area contributed by atoms with Crippen LogP contribution in [-0.4, -0.2) is 6.04 Å². The summed E-state index contributed by atoms with van der Waals surface area (Å²) in [6, 6.07) is 4.18. The topological polar surface area (TPSA) is 12.0 Å². The summed E-state index contributed by atoms with van der Waals surface area (Å²) in [7, 11) is 0. The van der Waals surface area contributed by atoms with Crippen LogP contribution in [0, 0.1) is 6.92 Å². The van der Waals surface area contributed by atoms with Gasteiger partial charge >= 0.3 is 6.18 Å². The Morgan fingerprint density at radius 1 is 1.27 bits per heavy atom. The molecule has 0 radical (unpaired) electrons. The van der Waals surface area contributed by atoms with E-state index in [9.17, 15) is 13.2 Å². The van der Waals surface area contributed by atoms with Crippen molar-refractivity contribution < 1.29 is 13.2 Å². The third kappa shape index (κ3) is 2.43. The van der Waals surface area contributed by atoms with Gasteiger partial charge in [-0.15, -0.1) is 0 Å². The summed E-state index contributed by atoms with van der Waals surface area (Å²) < 4.78 is 37.3. The first kappa shape index (κ1) is 10.3. The summed E-state index contributed by atoms with van der Waals surface area (Å²) in [6.07, 6.45) is -2.15. The van der Waals surface area contributed by atoms with Gasteiger partial charge in [0.2, 0.25) is 0 Å². The fraction of sp³-hybridized carbons (Fsp3) is 0.455. The number of rotatable bonds is 2. The zero-order chi connectivity index (χ0) is 11.1. The van der Waals surface area contributed by atoms with Crippen molar-refractivity contribution in [3.05, 3.63) is 29.3 Å². The van der Waals surface area contributed by atoms with Crippen molar-refractivity contribution in [2.75, 3.05) is 5.32 Å². The van der Waals surface area contributed by atoms with Crippen molar-refractivity contribution in [2.45, 2.75) is 32.0 Å². The van der Waals surface area contributed by atoms with Gasteiger partial charge in [0.15, 0.2) is 0 Å². The van der Waals surface area contributed by atoms with Crippen molar-refractivity contribution in [2.24, 2.45) is 0 Å². The van der Waals surface area contributed by atoms with Gasteiger partial charge in [0.1, 0.15) is 0 Å². The van der Waals surface area contributed by atoms with Crippen molar-refractivity contribution in [1.82, 2.24) is 0 Å².